The Morgan fingerprint density at radius 1 is 0.853 bits per heavy atom. The van der Waals surface area contributed by atoms with Crippen LogP contribution >= 0.6 is 0 Å². The molecule has 2 heterocycles. The van der Waals surface area contributed by atoms with E-state index >= 15 is 0 Å². The Balaban J connectivity index is 0.000000350. The van der Waals surface area contributed by atoms with Gasteiger partial charge in [-0.1, -0.05) is 13.3 Å². The molecule has 0 aliphatic carbocycles. The molecule has 0 unspecified atom stereocenters. The van der Waals surface area contributed by atoms with E-state index in [0.29, 0.717) is 6.54 Å². The van der Waals surface area contributed by atoms with Crippen molar-refractivity contribution in [3.05, 3.63) is 69.5 Å². The molecule has 0 aromatic carbocycles. The lowest BCUT2D eigenvalue weighted by molar-refractivity contribution is 0.0535. The van der Waals surface area contributed by atoms with Crippen LogP contribution in [0, 0.1) is 0 Å². The maximum absolute atomic E-state index is 12.2. The van der Waals surface area contributed by atoms with Crippen molar-refractivity contribution in [2.75, 3.05) is 17.0 Å². The van der Waals surface area contributed by atoms with Crippen LogP contribution in [0.1, 0.15) is 61.3 Å². The molecule has 0 bridgehead atoms. The Hall–Kier alpha value is -3.56. The maximum Gasteiger partial charge on any atom is 0.429 e. The number of carbonyl (C=O) groups is 2. The van der Waals surface area contributed by atoms with E-state index in [0.717, 1.165) is 12.8 Å². The van der Waals surface area contributed by atoms with Crippen LogP contribution in [0.4, 0.5) is 9.59 Å². The summed E-state index contributed by atoms with van der Waals surface area (Å²) in [4.78, 5) is 45.3. The minimum Gasteiger partial charge on any atom is -0.443 e. The SMILES string of the molecule is CC(C)(C)OC(=O)Nn1ccc(=O)cc1.CCCCN(C(=O)OC(C)(C)C)n1ccc(=O)cc1. The van der Waals surface area contributed by atoms with E-state index in [-0.39, 0.29) is 10.9 Å². The fraction of sp³-hybridized carbons (Fsp3) is 0.500. The van der Waals surface area contributed by atoms with E-state index < -0.39 is 23.4 Å². The monoisotopic (exact) mass is 476 g/mol. The van der Waals surface area contributed by atoms with Crippen molar-refractivity contribution in [2.45, 2.75) is 72.5 Å². The summed E-state index contributed by atoms with van der Waals surface area (Å²) in [5.74, 6) is 0. The predicted octanol–water partition coefficient (Wildman–Crippen LogP) is 3.85. The molecule has 2 rings (SSSR count). The van der Waals surface area contributed by atoms with Gasteiger partial charge in [-0.15, -0.1) is 0 Å². The molecule has 10 nitrogen and oxygen atoms in total. The normalized spacial score (nSPS) is 11.0. The van der Waals surface area contributed by atoms with Crippen LogP contribution in [-0.4, -0.2) is 39.3 Å². The standard InChI is InChI=1S/C14H22N2O3.C10H14N2O3/c1-5-6-9-16(13(18)19-14(2,3)4)15-10-7-12(17)8-11-15;1-10(2,3)15-9(14)11-12-6-4-8(13)5-7-12/h7-8,10-11H,5-6,9H2,1-4H3;4-7H,1-3H3,(H,11,14). The number of nitrogens with one attached hydrogen (secondary N) is 1. The summed E-state index contributed by atoms with van der Waals surface area (Å²) in [5.41, 5.74) is 1.16. The molecule has 2 amide bonds. The largest absolute Gasteiger partial charge is 0.443 e. The number of aromatic nitrogens is 2. The van der Waals surface area contributed by atoms with Crippen LogP contribution in [0.2, 0.25) is 0 Å². The molecule has 1 N–H and O–H groups in total. The van der Waals surface area contributed by atoms with Crippen molar-refractivity contribution in [2.24, 2.45) is 0 Å². The van der Waals surface area contributed by atoms with Crippen molar-refractivity contribution in [1.29, 1.82) is 0 Å². The fourth-order valence-electron chi connectivity index (χ4n) is 2.38. The lowest BCUT2D eigenvalue weighted by Crippen LogP contribution is -2.44. The van der Waals surface area contributed by atoms with Gasteiger partial charge >= 0.3 is 12.2 Å². The predicted molar refractivity (Wildman–Crippen MR) is 131 cm³/mol. The van der Waals surface area contributed by atoms with E-state index in [1.54, 1.807) is 37.8 Å². The summed E-state index contributed by atoms with van der Waals surface area (Å²) >= 11 is 0. The first-order valence-corrected chi connectivity index (χ1v) is 11.1. The van der Waals surface area contributed by atoms with Crippen LogP contribution in [0.25, 0.3) is 0 Å². The molecule has 0 saturated carbocycles. The second-order valence-corrected chi connectivity index (χ2v) is 9.43. The molecule has 188 valence electrons. The van der Waals surface area contributed by atoms with Gasteiger partial charge in [0.15, 0.2) is 10.9 Å². The number of hydrogen-bond acceptors (Lipinski definition) is 6. The van der Waals surface area contributed by atoms with Crippen LogP contribution in [-0.2, 0) is 9.47 Å². The number of pyridine rings is 2. The summed E-state index contributed by atoms with van der Waals surface area (Å²) < 4.78 is 13.3. The maximum atomic E-state index is 12.2. The fourth-order valence-corrected chi connectivity index (χ4v) is 2.38. The van der Waals surface area contributed by atoms with Gasteiger partial charge in [-0.05, 0) is 48.0 Å². The molecule has 0 aliphatic rings. The smallest absolute Gasteiger partial charge is 0.429 e. The van der Waals surface area contributed by atoms with Gasteiger partial charge in [0.2, 0.25) is 0 Å². The Labute approximate surface area is 200 Å². The third-order valence-electron chi connectivity index (χ3n) is 3.81. The summed E-state index contributed by atoms with van der Waals surface area (Å²) in [6, 6.07) is 5.53. The third-order valence-corrected chi connectivity index (χ3v) is 3.81. The minimum absolute atomic E-state index is 0.0871. The van der Waals surface area contributed by atoms with Gasteiger partial charge in [0.1, 0.15) is 11.2 Å². The quantitative estimate of drug-likeness (QED) is 0.702. The number of amides is 2. The van der Waals surface area contributed by atoms with Gasteiger partial charge < -0.3 is 9.47 Å². The minimum atomic E-state index is -0.564. The molecule has 2 aromatic rings. The van der Waals surface area contributed by atoms with Crippen LogP contribution in [0.3, 0.4) is 0 Å². The number of rotatable bonds is 5. The molecule has 0 atom stereocenters. The summed E-state index contributed by atoms with van der Waals surface area (Å²) in [5, 5.41) is 1.49. The highest BCUT2D eigenvalue weighted by molar-refractivity contribution is 5.78. The molecule has 0 saturated heterocycles. The number of carbonyl (C=O) groups excluding carboxylic acids is 2. The molecule has 0 spiro atoms. The number of nitrogens with zero attached hydrogens (tertiary/aromatic N) is 3. The molecule has 0 fully saturated rings. The van der Waals surface area contributed by atoms with Crippen LogP contribution < -0.4 is 21.3 Å². The first kappa shape index (κ1) is 28.5. The Morgan fingerprint density at radius 2 is 1.32 bits per heavy atom. The number of unbranched alkanes of at least 4 members (excludes halogenated alkanes) is 1. The van der Waals surface area contributed by atoms with Crippen LogP contribution in [0.15, 0.2) is 58.6 Å². The zero-order chi connectivity index (χ0) is 25.9. The Kier molecular flexibility index (Phi) is 10.6. The Morgan fingerprint density at radius 3 is 1.76 bits per heavy atom. The van der Waals surface area contributed by atoms with Gasteiger partial charge in [0.05, 0.1) is 0 Å². The highest BCUT2D eigenvalue weighted by atomic mass is 16.6. The average Bonchev–Trinajstić information content (AvgIpc) is 2.69. The van der Waals surface area contributed by atoms with Crippen molar-refractivity contribution < 1.29 is 19.1 Å². The average molecular weight is 477 g/mol. The highest BCUT2D eigenvalue weighted by Crippen LogP contribution is 2.10. The molecule has 34 heavy (non-hydrogen) atoms. The van der Waals surface area contributed by atoms with Gasteiger partial charge in [-0.25, -0.2) is 20.0 Å². The first-order chi connectivity index (χ1) is 15.7. The topological polar surface area (TPSA) is 112 Å². The van der Waals surface area contributed by atoms with E-state index in [1.165, 1.54) is 46.3 Å². The van der Waals surface area contributed by atoms with Crippen molar-refractivity contribution in [3.63, 3.8) is 0 Å². The lowest BCUT2D eigenvalue weighted by Gasteiger charge is -2.28. The van der Waals surface area contributed by atoms with Gasteiger partial charge in [-0.2, -0.15) is 0 Å². The van der Waals surface area contributed by atoms with Crippen molar-refractivity contribution in [3.8, 4) is 0 Å². The van der Waals surface area contributed by atoms with E-state index in [9.17, 15) is 19.2 Å². The zero-order valence-corrected chi connectivity index (χ0v) is 21.0. The highest BCUT2D eigenvalue weighted by Gasteiger charge is 2.22. The summed E-state index contributed by atoms with van der Waals surface area (Å²) in [7, 11) is 0. The second-order valence-electron chi connectivity index (χ2n) is 9.43. The van der Waals surface area contributed by atoms with Gasteiger partial charge in [0.25, 0.3) is 0 Å². The zero-order valence-electron chi connectivity index (χ0n) is 21.0. The molecule has 0 radical (unpaired) electrons. The summed E-state index contributed by atoms with van der Waals surface area (Å²) in [6.07, 6.45) is 6.91. The van der Waals surface area contributed by atoms with Crippen molar-refractivity contribution in [1.82, 2.24) is 9.35 Å². The van der Waals surface area contributed by atoms with E-state index in [2.05, 4.69) is 12.3 Å². The molecule has 10 heteroatoms. The number of ether oxygens (including phenoxy) is 2. The number of hydrogen-bond donors (Lipinski definition) is 1. The van der Waals surface area contributed by atoms with Crippen molar-refractivity contribution >= 4 is 12.2 Å². The van der Waals surface area contributed by atoms with Crippen LogP contribution in [0.5, 0.6) is 0 Å². The van der Waals surface area contributed by atoms with Gasteiger partial charge in [-0.3, -0.25) is 18.9 Å². The van der Waals surface area contributed by atoms with Gasteiger partial charge in [0, 0.05) is 55.6 Å². The van der Waals surface area contributed by atoms with E-state index in [1.807, 2.05) is 20.8 Å². The Bertz CT molecular complexity index is 1010. The molecular formula is C24H36N4O6. The molecule has 2 aromatic heterocycles. The summed E-state index contributed by atoms with van der Waals surface area (Å²) in [6.45, 7) is 13.4. The lowest BCUT2D eigenvalue weighted by atomic mass is 10.2. The third kappa shape index (κ3) is 11.9. The molecule has 0 aliphatic heterocycles. The van der Waals surface area contributed by atoms with E-state index in [4.69, 9.17) is 9.47 Å². The first-order valence-electron chi connectivity index (χ1n) is 11.1. The molecular weight excluding hydrogens is 440 g/mol. The second kappa shape index (κ2) is 12.6.